The van der Waals surface area contributed by atoms with E-state index < -0.39 is 23.6 Å². The predicted octanol–water partition coefficient (Wildman–Crippen LogP) is -0.608. The van der Waals surface area contributed by atoms with Crippen molar-refractivity contribution in [3.63, 3.8) is 0 Å². The summed E-state index contributed by atoms with van der Waals surface area (Å²) < 4.78 is 26.1. The van der Waals surface area contributed by atoms with Gasteiger partial charge in [0.1, 0.15) is 23.6 Å². The van der Waals surface area contributed by atoms with Gasteiger partial charge in [0.15, 0.2) is 5.37 Å². The zero-order chi connectivity index (χ0) is 11.7. The van der Waals surface area contributed by atoms with E-state index in [1.54, 1.807) is 0 Å². The molecule has 1 aliphatic rings. The van der Waals surface area contributed by atoms with Crippen molar-refractivity contribution in [3.05, 3.63) is 35.4 Å². The van der Waals surface area contributed by atoms with Crippen molar-refractivity contribution in [1.29, 1.82) is 0 Å². The molecule has 0 aromatic heterocycles. The van der Waals surface area contributed by atoms with Crippen molar-refractivity contribution >= 4 is 17.7 Å². The highest BCUT2D eigenvalue weighted by atomic mass is 32.2. The first-order valence-electron chi connectivity index (χ1n) is 4.70. The molecule has 2 unspecified atom stereocenters. The molecular formula is C10H9F2NO2S. The van der Waals surface area contributed by atoms with E-state index >= 15 is 0 Å². The van der Waals surface area contributed by atoms with Crippen LogP contribution in [0, 0.1) is 11.6 Å². The lowest BCUT2D eigenvalue weighted by Gasteiger charge is -2.11. The van der Waals surface area contributed by atoms with Crippen LogP contribution in [0.3, 0.4) is 0 Å². The van der Waals surface area contributed by atoms with Crippen molar-refractivity contribution in [1.82, 2.24) is 0 Å². The number of carboxylic acids is 1. The molecule has 1 aliphatic heterocycles. The Hall–Kier alpha value is -1.14. The molecule has 1 heterocycles. The Morgan fingerprint density at radius 3 is 2.81 bits per heavy atom. The summed E-state index contributed by atoms with van der Waals surface area (Å²) in [5, 5.41) is 11.8. The number of hydrogen-bond acceptors (Lipinski definition) is 3. The molecule has 6 heteroatoms. The molecule has 0 bridgehead atoms. The first kappa shape index (κ1) is 11.3. The molecule has 0 aliphatic carbocycles. The molecule has 2 atom stereocenters. The summed E-state index contributed by atoms with van der Waals surface area (Å²) in [6, 6.07) is 2.64. The molecule has 2 rings (SSSR count). The van der Waals surface area contributed by atoms with Gasteiger partial charge < -0.3 is 15.2 Å². The van der Waals surface area contributed by atoms with E-state index in [0.717, 1.165) is 6.07 Å². The van der Waals surface area contributed by atoms with E-state index in [9.17, 15) is 18.7 Å². The van der Waals surface area contributed by atoms with Crippen LogP contribution < -0.4 is 10.4 Å². The highest BCUT2D eigenvalue weighted by Crippen LogP contribution is 2.28. The van der Waals surface area contributed by atoms with Gasteiger partial charge in [0.05, 0.1) is 11.3 Å². The van der Waals surface area contributed by atoms with Crippen LogP contribution in [0.2, 0.25) is 0 Å². The van der Waals surface area contributed by atoms with Gasteiger partial charge in [-0.3, -0.25) is 0 Å². The van der Waals surface area contributed by atoms with Gasteiger partial charge in [0.25, 0.3) is 0 Å². The van der Waals surface area contributed by atoms with Crippen LogP contribution in [0.25, 0.3) is 0 Å². The first-order chi connectivity index (χ1) is 7.58. The number of carbonyl (C=O) groups is 1. The van der Waals surface area contributed by atoms with Crippen LogP contribution in [0.4, 0.5) is 8.78 Å². The Balaban J connectivity index is 2.17. The maximum absolute atomic E-state index is 13.4. The number of nitrogens with two attached hydrogens (primary N) is 1. The molecular weight excluding hydrogens is 236 g/mol. The SMILES string of the molecule is O=C([O-])C1CSC(c2ccc(F)cc2F)[NH2+]1. The van der Waals surface area contributed by atoms with E-state index in [4.69, 9.17) is 0 Å². The van der Waals surface area contributed by atoms with Gasteiger partial charge in [-0.1, -0.05) is 11.8 Å². The second kappa shape index (κ2) is 4.39. The molecule has 0 saturated carbocycles. The molecule has 0 spiro atoms. The van der Waals surface area contributed by atoms with Crippen LogP contribution in [0.15, 0.2) is 18.2 Å². The Kier molecular flexibility index (Phi) is 3.11. The van der Waals surface area contributed by atoms with Gasteiger partial charge in [0.2, 0.25) is 0 Å². The number of carbonyl (C=O) groups excluding carboxylic acids is 1. The van der Waals surface area contributed by atoms with Gasteiger partial charge in [-0.2, -0.15) is 0 Å². The zero-order valence-corrected chi connectivity index (χ0v) is 8.97. The van der Waals surface area contributed by atoms with Gasteiger partial charge in [-0.05, 0) is 12.1 Å². The zero-order valence-electron chi connectivity index (χ0n) is 8.15. The fourth-order valence-electron chi connectivity index (χ4n) is 1.60. The minimum Gasteiger partial charge on any atom is -0.544 e. The minimum absolute atomic E-state index is 0.315. The molecule has 1 aromatic carbocycles. The minimum atomic E-state index is -1.16. The van der Waals surface area contributed by atoms with Crippen molar-refractivity contribution in [3.8, 4) is 0 Å². The Morgan fingerprint density at radius 1 is 1.50 bits per heavy atom. The van der Waals surface area contributed by atoms with E-state index in [-0.39, 0.29) is 5.37 Å². The molecule has 1 aromatic rings. The Morgan fingerprint density at radius 2 is 2.25 bits per heavy atom. The fourth-order valence-corrected chi connectivity index (χ4v) is 2.94. The molecule has 0 amide bonds. The standard InChI is InChI=1S/C10H9F2NO2S/c11-5-1-2-6(7(12)3-5)9-13-8(4-16-9)10(14)15/h1-3,8-9,13H,4H2,(H,14,15). The number of benzene rings is 1. The summed E-state index contributed by atoms with van der Waals surface area (Å²) in [6.45, 7) is 0. The molecule has 0 radical (unpaired) electrons. The lowest BCUT2D eigenvalue weighted by molar-refractivity contribution is -0.690. The fraction of sp³-hybridized carbons (Fsp3) is 0.300. The normalized spacial score (nSPS) is 24.6. The van der Waals surface area contributed by atoms with Crippen LogP contribution >= 0.6 is 11.8 Å². The van der Waals surface area contributed by atoms with Crippen LogP contribution in [0.1, 0.15) is 10.9 Å². The number of aliphatic carboxylic acids is 1. The Bertz CT molecular complexity index is 427. The largest absolute Gasteiger partial charge is 0.544 e. The van der Waals surface area contributed by atoms with Gasteiger partial charge >= 0.3 is 0 Å². The topological polar surface area (TPSA) is 56.7 Å². The average Bonchev–Trinajstić information content (AvgIpc) is 2.66. The van der Waals surface area contributed by atoms with Crippen molar-refractivity contribution in [2.45, 2.75) is 11.4 Å². The lowest BCUT2D eigenvalue weighted by atomic mass is 10.2. The van der Waals surface area contributed by atoms with Crippen molar-refractivity contribution in [2.75, 3.05) is 5.75 Å². The number of carboxylic acid groups (broad SMARTS) is 1. The quantitative estimate of drug-likeness (QED) is 0.756. The monoisotopic (exact) mass is 245 g/mol. The van der Waals surface area contributed by atoms with Crippen molar-refractivity contribution < 1.29 is 24.0 Å². The lowest BCUT2D eigenvalue weighted by Crippen LogP contribution is -2.90. The number of hydrogen-bond donors (Lipinski definition) is 1. The molecule has 2 N–H and O–H groups in total. The maximum atomic E-state index is 13.4. The molecule has 86 valence electrons. The highest BCUT2D eigenvalue weighted by molar-refractivity contribution is 7.99. The summed E-state index contributed by atoms with van der Waals surface area (Å²) in [4.78, 5) is 10.6. The Labute approximate surface area is 94.8 Å². The third-order valence-electron chi connectivity index (χ3n) is 2.43. The van der Waals surface area contributed by atoms with Gasteiger partial charge in [-0.25, -0.2) is 8.78 Å². The number of halogens is 2. The summed E-state index contributed by atoms with van der Waals surface area (Å²) in [7, 11) is 0. The summed E-state index contributed by atoms with van der Waals surface area (Å²) in [5.41, 5.74) is 0.315. The van der Waals surface area contributed by atoms with E-state index in [0.29, 0.717) is 11.3 Å². The molecule has 16 heavy (non-hydrogen) atoms. The first-order valence-corrected chi connectivity index (χ1v) is 5.75. The van der Waals surface area contributed by atoms with Crippen LogP contribution in [0.5, 0.6) is 0 Å². The maximum Gasteiger partial charge on any atom is 0.162 e. The smallest absolute Gasteiger partial charge is 0.162 e. The van der Waals surface area contributed by atoms with E-state index in [1.165, 1.54) is 29.2 Å². The van der Waals surface area contributed by atoms with Crippen LogP contribution in [-0.4, -0.2) is 17.8 Å². The number of rotatable bonds is 2. The third-order valence-corrected chi connectivity index (χ3v) is 3.76. The summed E-state index contributed by atoms with van der Waals surface area (Å²) >= 11 is 1.31. The van der Waals surface area contributed by atoms with E-state index in [2.05, 4.69) is 0 Å². The van der Waals surface area contributed by atoms with Gasteiger partial charge in [-0.15, -0.1) is 0 Å². The number of quaternary nitrogens is 1. The second-order valence-electron chi connectivity index (χ2n) is 3.54. The molecule has 1 fully saturated rings. The second-order valence-corrected chi connectivity index (χ2v) is 4.71. The van der Waals surface area contributed by atoms with E-state index in [1.807, 2.05) is 0 Å². The van der Waals surface area contributed by atoms with Crippen LogP contribution in [-0.2, 0) is 4.79 Å². The highest BCUT2D eigenvalue weighted by Gasteiger charge is 2.32. The van der Waals surface area contributed by atoms with Gasteiger partial charge in [0, 0.05) is 6.07 Å². The predicted molar refractivity (Wildman–Crippen MR) is 52.3 cm³/mol. The van der Waals surface area contributed by atoms with Crippen molar-refractivity contribution in [2.24, 2.45) is 0 Å². The average molecular weight is 245 g/mol. The molecule has 3 nitrogen and oxygen atoms in total. The number of thioether (sulfide) groups is 1. The summed E-state index contributed by atoms with van der Waals surface area (Å²) in [6.07, 6.45) is 0. The third kappa shape index (κ3) is 2.17. The summed E-state index contributed by atoms with van der Waals surface area (Å²) in [5.74, 6) is -2.07. The molecule has 1 saturated heterocycles.